The van der Waals surface area contributed by atoms with Crippen molar-refractivity contribution in [3.8, 4) is 0 Å². The maximum Gasteiger partial charge on any atom is 0.320 e. The molecule has 3 N–H and O–H groups in total. The Kier molecular flexibility index (Phi) is 1.66. The fourth-order valence-corrected chi connectivity index (χ4v) is 1.13. The molecule has 4 heteroatoms. The van der Waals surface area contributed by atoms with Crippen LogP contribution in [0.4, 0.5) is 0 Å². The zero-order valence-electron chi connectivity index (χ0n) is 5.79. The Morgan fingerprint density at radius 3 is 2.60 bits per heavy atom. The summed E-state index contributed by atoms with van der Waals surface area (Å²) in [6, 6.07) is -0.574. The molecule has 2 atom stereocenters. The molecule has 10 heavy (non-hydrogen) atoms. The first-order valence-corrected chi connectivity index (χ1v) is 3.24. The molecule has 0 aromatic heterocycles. The Hall–Kier alpha value is -0.610. The van der Waals surface area contributed by atoms with Gasteiger partial charge in [-0.1, -0.05) is 0 Å². The van der Waals surface area contributed by atoms with Gasteiger partial charge in [-0.2, -0.15) is 0 Å². The van der Waals surface area contributed by atoms with Crippen molar-refractivity contribution in [3.63, 3.8) is 0 Å². The molecule has 1 aliphatic heterocycles. The van der Waals surface area contributed by atoms with E-state index in [4.69, 9.17) is 5.11 Å². The SMILES string of the molecule is CC1(O)CCC(C(=O)O)N1. The largest absolute Gasteiger partial charge is 0.480 e. The molecule has 0 aromatic rings. The molecule has 1 heterocycles. The third-order valence-corrected chi connectivity index (χ3v) is 1.70. The summed E-state index contributed by atoms with van der Waals surface area (Å²) in [7, 11) is 0. The number of hydrogen-bond donors (Lipinski definition) is 3. The van der Waals surface area contributed by atoms with Crippen LogP contribution in [0.25, 0.3) is 0 Å². The predicted octanol–water partition coefficient (Wildman–Crippen LogP) is -0.469. The first-order valence-electron chi connectivity index (χ1n) is 3.24. The lowest BCUT2D eigenvalue weighted by Crippen LogP contribution is -2.43. The number of hydrogen-bond acceptors (Lipinski definition) is 3. The van der Waals surface area contributed by atoms with E-state index in [-0.39, 0.29) is 0 Å². The van der Waals surface area contributed by atoms with Crippen LogP contribution in [0, 0.1) is 0 Å². The van der Waals surface area contributed by atoms with Crippen LogP contribution in [0.15, 0.2) is 0 Å². The molecule has 1 aliphatic rings. The van der Waals surface area contributed by atoms with Gasteiger partial charge in [0.05, 0.1) is 0 Å². The second-order valence-electron chi connectivity index (χ2n) is 2.85. The van der Waals surface area contributed by atoms with E-state index < -0.39 is 17.7 Å². The second kappa shape index (κ2) is 2.21. The Morgan fingerprint density at radius 2 is 2.40 bits per heavy atom. The molecular weight excluding hydrogens is 134 g/mol. The number of carboxylic acid groups (broad SMARTS) is 1. The Morgan fingerprint density at radius 1 is 1.80 bits per heavy atom. The van der Waals surface area contributed by atoms with Gasteiger partial charge in [-0.3, -0.25) is 10.1 Å². The van der Waals surface area contributed by atoms with Gasteiger partial charge in [0.1, 0.15) is 11.8 Å². The van der Waals surface area contributed by atoms with Crippen molar-refractivity contribution in [2.24, 2.45) is 0 Å². The van der Waals surface area contributed by atoms with Crippen molar-refractivity contribution in [3.05, 3.63) is 0 Å². The maximum atomic E-state index is 10.3. The number of nitrogens with one attached hydrogen (secondary N) is 1. The predicted molar refractivity (Wildman–Crippen MR) is 34.4 cm³/mol. The summed E-state index contributed by atoms with van der Waals surface area (Å²) in [5.41, 5.74) is -0.983. The lowest BCUT2D eigenvalue weighted by molar-refractivity contribution is -0.139. The van der Waals surface area contributed by atoms with Crippen molar-refractivity contribution in [1.82, 2.24) is 5.32 Å². The molecule has 0 amide bonds. The van der Waals surface area contributed by atoms with Crippen LogP contribution in [0.1, 0.15) is 19.8 Å². The van der Waals surface area contributed by atoms with Gasteiger partial charge in [0, 0.05) is 0 Å². The van der Waals surface area contributed by atoms with Crippen molar-refractivity contribution < 1.29 is 15.0 Å². The molecule has 58 valence electrons. The quantitative estimate of drug-likeness (QED) is 0.466. The number of aliphatic carboxylic acids is 1. The summed E-state index contributed by atoms with van der Waals surface area (Å²) in [4.78, 5) is 10.3. The summed E-state index contributed by atoms with van der Waals surface area (Å²) in [6.45, 7) is 1.58. The topological polar surface area (TPSA) is 69.6 Å². The van der Waals surface area contributed by atoms with Crippen molar-refractivity contribution in [2.45, 2.75) is 31.5 Å². The Labute approximate surface area is 58.9 Å². The van der Waals surface area contributed by atoms with Gasteiger partial charge in [0.15, 0.2) is 0 Å². The van der Waals surface area contributed by atoms with Crippen LogP contribution in [-0.4, -0.2) is 27.9 Å². The first-order chi connectivity index (χ1) is 4.51. The molecule has 0 saturated carbocycles. The van der Waals surface area contributed by atoms with E-state index in [1.54, 1.807) is 6.92 Å². The molecular formula is C6H11NO3. The number of carbonyl (C=O) groups is 1. The van der Waals surface area contributed by atoms with Crippen LogP contribution < -0.4 is 5.32 Å². The average molecular weight is 145 g/mol. The highest BCUT2D eigenvalue weighted by Crippen LogP contribution is 2.19. The lowest BCUT2D eigenvalue weighted by Gasteiger charge is -2.16. The fraction of sp³-hybridized carbons (Fsp3) is 0.833. The summed E-state index contributed by atoms with van der Waals surface area (Å²) < 4.78 is 0. The van der Waals surface area contributed by atoms with Crippen LogP contribution in [0.3, 0.4) is 0 Å². The summed E-state index contributed by atoms with van der Waals surface area (Å²) in [5, 5.41) is 20.3. The van der Waals surface area contributed by atoms with E-state index in [9.17, 15) is 9.90 Å². The van der Waals surface area contributed by atoms with Gasteiger partial charge >= 0.3 is 5.97 Å². The molecule has 4 nitrogen and oxygen atoms in total. The first kappa shape index (κ1) is 7.50. The number of aliphatic hydroxyl groups is 1. The fourth-order valence-electron chi connectivity index (χ4n) is 1.13. The monoisotopic (exact) mass is 145 g/mol. The third kappa shape index (κ3) is 1.46. The highest BCUT2D eigenvalue weighted by Gasteiger charge is 2.35. The van der Waals surface area contributed by atoms with Crippen LogP contribution in [0.2, 0.25) is 0 Å². The summed E-state index contributed by atoms with van der Waals surface area (Å²) >= 11 is 0. The molecule has 1 fully saturated rings. The van der Waals surface area contributed by atoms with E-state index in [1.807, 2.05) is 0 Å². The van der Waals surface area contributed by atoms with E-state index in [0.717, 1.165) is 0 Å². The standard InChI is InChI=1S/C6H11NO3/c1-6(10)3-2-4(7-6)5(8)9/h4,7,10H,2-3H2,1H3,(H,8,9). The highest BCUT2D eigenvalue weighted by molar-refractivity contribution is 5.73. The summed E-state index contributed by atoms with van der Waals surface area (Å²) in [5.74, 6) is -0.891. The molecule has 0 radical (unpaired) electrons. The molecule has 1 rings (SSSR count). The van der Waals surface area contributed by atoms with E-state index in [0.29, 0.717) is 12.8 Å². The summed E-state index contributed by atoms with van der Waals surface area (Å²) in [6.07, 6.45) is 1.01. The molecule has 0 bridgehead atoms. The molecule has 1 saturated heterocycles. The van der Waals surface area contributed by atoms with E-state index in [1.165, 1.54) is 0 Å². The maximum absolute atomic E-state index is 10.3. The second-order valence-corrected chi connectivity index (χ2v) is 2.85. The normalized spacial score (nSPS) is 40.0. The van der Waals surface area contributed by atoms with E-state index in [2.05, 4.69) is 5.32 Å². The van der Waals surface area contributed by atoms with Gasteiger partial charge < -0.3 is 10.2 Å². The number of rotatable bonds is 1. The zero-order chi connectivity index (χ0) is 7.78. The minimum Gasteiger partial charge on any atom is -0.480 e. The zero-order valence-corrected chi connectivity index (χ0v) is 5.79. The minimum absolute atomic E-state index is 0.502. The van der Waals surface area contributed by atoms with Gasteiger partial charge in [0.2, 0.25) is 0 Å². The highest BCUT2D eigenvalue weighted by atomic mass is 16.4. The molecule has 2 unspecified atom stereocenters. The van der Waals surface area contributed by atoms with Gasteiger partial charge in [-0.05, 0) is 19.8 Å². The van der Waals surface area contributed by atoms with E-state index >= 15 is 0 Å². The van der Waals surface area contributed by atoms with Crippen LogP contribution in [-0.2, 0) is 4.79 Å². The third-order valence-electron chi connectivity index (χ3n) is 1.70. The van der Waals surface area contributed by atoms with Crippen LogP contribution in [0.5, 0.6) is 0 Å². The molecule has 0 aliphatic carbocycles. The van der Waals surface area contributed by atoms with Crippen molar-refractivity contribution in [2.75, 3.05) is 0 Å². The van der Waals surface area contributed by atoms with Crippen molar-refractivity contribution >= 4 is 5.97 Å². The van der Waals surface area contributed by atoms with Crippen molar-refractivity contribution in [1.29, 1.82) is 0 Å². The van der Waals surface area contributed by atoms with Gasteiger partial charge in [-0.15, -0.1) is 0 Å². The molecule has 0 spiro atoms. The average Bonchev–Trinajstić information content (AvgIpc) is 2.10. The Balaban J connectivity index is 2.51. The van der Waals surface area contributed by atoms with Gasteiger partial charge in [0.25, 0.3) is 0 Å². The van der Waals surface area contributed by atoms with Gasteiger partial charge in [-0.25, -0.2) is 0 Å². The molecule has 0 aromatic carbocycles. The smallest absolute Gasteiger partial charge is 0.320 e. The minimum atomic E-state index is -0.983. The lowest BCUT2D eigenvalue weighted by atomic mass is 10.2. The number of carboxylic acids is 1. The van der Waals surface area contributed by atoms with Crippen LogP contribution >= 0.6 is 0 Å². The Bertz CT molecular complexity index is 155.